The maximum atomic E-state index is 12.3. The van der Waals surface area contributed by atoms with Crippen LogP contribution in [-0.4, -0.2) is 21.9 Å². The second-order valence-electron chi connectivity index (χ2n) is 4.70. The SMILES string of the molecule is O=C(Nc1c(Cl)cc(Cl)cc1Cl)C1Cc2nc[nH]c2CN1. The van der Waals surface area contributed by atoms with Crippen LogP contribution in [0.15, 0.2) is 18.5 Å². The van der Waals surface area contributed by atoms with Gasteiger partial charge in [-0.25, -0.2) is 4.98 Å². The van der Waals surface area contributed by atoms with Crippen molar-refractivity contribution in [2.45, 2.75) is 19.0 Å². The minimum atomic E-state index is -0.386. The minimum Gasteiger partial charge on any atom is -0.347 e. The van der Waals surface area contributed by atoms with E-state index in [4.69, 9.17) is 34.8 Å². The summed E-state index contributed by atoms with van der Waals surface area (Å²) < 4.78 is 0. The number of benzene rings is 1. The molecule has 0 saturated heterocycles. The summed E-state index contributed by atoms with van der Waals surface area (Å²) in [5, 5.41) is 6.90. The van der Waals surface area contributed by atoms with E-state index in [1.54, 1.807) is 6.33 Å². The third-order valence-corrected chi connectivity index (χ3v) is 4.12. The molecule has 0 saturated carbocycles. The highest BCUT2D eigenvalue weighted by Crippen LogP contribution is 2.33. The van der Waals surface area contributed by atoms with Crippen LogP contribution in [-0.2, 0) is 17.8 Å². The molecule has 0 radical (unpaired) electrons. The molecule has 0 fully saturated rings. The molecule has 2 heterocycles. The van der Waals surface area contributed by atoms with E-state index in [1.807, 2.05) is 0 Å². The van der Waals surface area contributed by atoms with Crippen molar-refractivity contribution in [1.82, 2.24) is 15.3 Å². The smallest absolute Gasteiger partial charge is 0.242 e. The van der Waals surface area contributed by atoms with Gasteiger partial charge in [-0.05, 0) is 12.1 Å². The second-order valence-corrected chi connectivity index (χ2v) is 5.95. The molecule has 1 unspecified atom stereocenters. The Hall–Kier alpha value is -1.27. The Kier molecular flexibility index (Phi) is 4.08. The molecule has 1 amide bonds. The third kappa shape index (κ3) is 3.01. The average molecular weight is 346 g/mol. The summed E-state index contributed by atoms with van der Waals surface area (Å²) in [4.78, 5) is 19.6. The number of imidazole rings is 1. The van der Waals surface area contributed by atoms with Gasteiger partial charge in [-0.1, -0.05) is 34.8 Å². The number of rotatable bonds is 2. The van der Waals surface area contributed by atoms with Crippen molar-refractivity contribution in [3.63, 3.8) is 0 Å². The second kappa shape index (κ2) is 5.85. The predicted molar refractivity (Wildman–Crippen MR) is 83.0 cm³/mol. The summed E-state index contributed by atoms with van der Waals surface area (Å²) in [5.41, 5.74) is 2.26. The maximum Gasteiger partial charge on any atom is 0.242 e. The van der Waals surface area contributed by atoms with Gasteiger partial charge < -0.3 is 10.3 Å². The first-order valence-corrected chi connectivity index (χ1v) is 7.38. The molecule has 0 spiro atoms. The topological polar surface area (TPSA) is 69.8 Å². The summed E-state index contributed by atoms with van der Waals surface area (Å²) in [6.45, 7) is 0.565. The van der Waals surface area contributed by atoms with Gasteiger partial charge in [0.05, 0.1) is 39.5 Å². The number of amides is 1. The molecule has 3 rings (SSSR count). The molecule has 110 valence electrons. The number of nitrogens with zero attached hydrogens (tertiary/aromatic N) is 1. The van der Waals surface area contributed by atoms with Gasteiger partial charge in [-0.15, -0.1) is 0 Å². The lowest BCUT2D eigenvalue weighted by Gasteiger charge is -2.22. The summed E-state index contributed by atoms with van der Waals surface area (Å²) in [5.74, 6) is -0.213. The van der Waals surface area contributed by atoms with Gasteiger partial charge in [0.25, 0.3) is 0 Å². The number of aromatic nitrogens is 2. The molecule has 0 bridgehead atoms. The standard InChI is InChI=1S/C13H11Cl3N4O/c14-6-1-7(15)12(8(16)2-6)20-13(21)10-3-9-11(4-17-10)19-5-18-9/h1-2,5,10,17H,3-4H2,(H,18,19)(H,20,21). The highest BCUT2D eigenvalue weighted by atomic mass is 35.5. The van der Waals surface area contributed by atoms with Gasteiger partial charge in [0, 0.05) is 18.0 Å². The van der Waals surface area contributed by atoms with Gasteiger partial charge in [0.15, 0.2) is 0 Å². The van der Waals surface area contributed by atoms with Crippen LogP contribution in [0.5, 0.6) is 0 Å². The number of H-pyrrole nitrogens is 1. The van der Waals surface area contributed by atoms with E-state index < -0.39 is 0 Å². The first kappa shape index (κ1) is 14.7. The number of fused-ring (bicyclic) bond motifs is 1. The van der Waals surface area contributed by atoms with E-state index >= 15 is 0 Å². The molecule has 1 atom stereocenters. The molecule has 0 aliphatic carbocycles. The Morgan fingerprint density at radius 2 is 2.00 bits per heavy atom. The fraction of sp³-hybridized carbons (Fsp3) is 0.231. The van der Waals surface area contributed by atoms with Crippen LogP contribution < -0.4 is 10.6 Å². The van der Waals surface area contributed by atoms with E-state index in [-0.39, 0.29) is 11.9 Å². The monoisotopic (exact) mass is 344 g/mol. The minimum absolute atomic E-state index is 0.213. The molecule has 1 aliphatic heterocycles. The fourth-order valence-corrected chi connectivity index (χ4v) is 3.14. The van der Waals surface area contributed by atoms with Crippen molar-refractivity contribution in [3.05, 3.63) is 44.9 Å². The van der Waals surface area contributed by atoms with Crippen LogP contribution >= 0.6 is 34.8 Å². The number of nitrogens with one attached hydrogen (secondary N) is 3. The van der Waals surface area contributed by atoms with Gasteiger partial charge in [0.1, 0.15) is 0 Å². The number of halogens is 3. The fourth-order valence-electron chi connectivity index (χ4n) is 2.23. The summed E-state index contributed by atoms with van der Waals surface area (Å²) in [7, 11) is 0. The number of anilines is 1. The Morgan fingerprint density at radius 1 is 1.29 bits per heavy atom. The van der Waals surface area contributed by atoms with E-state index in [0.717, 1.165) is 11.4 Å². The molecule has 21 heavy (non-hydrogen) atoms. The predicted octanol–water partition coefficient (Wildman–Crippen LogP) is 3.02. The first-order valence-electron chi connectivity index (χ1n) is 6.24. The lowest BCUT2D eigenvalue weighted by atomic mass is 10.0. The van der Waals surface area contributed by atoms with Crippen molar-refractivity contribution in [3.8, 4) is 0 Å². The Bertz CT molecular complexity index is 677. The molecular formula is C13H11Cl3N4O. The van der Waals surface area contributed by atoms with Crippen LogP contribution in [0.1, 0.15) is 11.4 Å². The summed E-state index contributed by atoms with van der Waals surface area (Å²) in [6, 6.07) is 2.68. The van der Waals surface area contributed by atoms with Crippen molar-refractivity contribution >= 4 is 46.4 Å². The molecule has 5 nitrogen and oxygen atoms in total. The Balaban J connectivity index is 1.76. The number of hydrogen-bond acceptors (Lipinski definition) is 3. The van der Waals surface area contributed by atoms with Gasteiger partial charge in [0.2, 0.25) is 5.91 Å². The van der Waals surface area contributed by atoms with Crippen LogP contribution in [0.25, 0.3) is 0 Å². The van der Waals surface area contributed by atoms with Crippen molar-refractivity contribution in [2.75, 3.05) is 5.32 Å². The largest absolute Gasteiger partial charge is 0.347 e. The average Bonchev–Trinajstić information content (AvgIpc) is 2.89. The van der Waals surface area contributed by atoms with E-state index in [0.29, 0.717) is 33.7 Å². The number of carbonyl (C=O) groups is 1. The van der Waals surface area contributed by atoms with Crippen molar-refractivity contribution < 1.29 is 4.79 Å². The normalized spacial score (nSPS) is 17.4. The van der Waals surface area contributed by atoms with E-state index in [1.165, 1.54) is 12.1 Å². The lowest BCUT2D eigenvalue weighted by molar-refractivity contribution is -0.118. The van der Waals surface area contributed by atoms with Crippen LogP contribution in [0.3, 0.4) is 0 Å². The lowest BCUT2D eigenvalue weighted by Crippen LogP contribution is -2.44. The third-order valence-electron chi connectivity index (χ3n) is 3.30. The van der Waals surface area contributed by atoms with Crippen LogP contribution in [0, 0.1) is 0 Å². The molecule has 3 N–H and O–H groups in total. The Morgan fingerprint density at radius 3 is 2.71 bits per heavy atom. The first-order chi connectivity index (χ1) is 10.0. The summed E-state index contributed by atoms with van der Waals surface area (Å²) >= 11 is 18.0. The van der Waals surface area contributed by atoms with Crippen molar-refractivity contribution in [1.29, 1.82) is 0 Å². The zero-order chi connectivity index (χ0) is 15.0. The molecule has 1 aromatic heterocycles. The summed E-state index contributed by atoms with van der Waals surface area (Å²) in [6.07, 6.45) is 2.13. The number of aromatic amines is 1. The van der Waals surface area contributed by atoms with Gasteiger partial charge in [-0.2, -0.15) is 0 Å². The van der Waals surface area contributed by atoms with Gasteiger partial charge in [-0.3, -0.25) is 10.1 Å². The van der Waals surface area contributed by atoms with Gasteiger partial charge >= 0.3 is 0 Å². The zero-order valence-electron chi connectivity index (χ0n) is 10.7. The quantitative estimate of drug-likeness (QED) is 0.783. The maximum absolute atomic E-state index is 12.3. The number of carbonyl (C=O) groups excluding carboxylic acids is 1. The molecule has 8 heteroatoms. The number of hydrogen-bond donors (Lipinski definition) is 3. The van der Waals surface area contributed by atoms with Crippen LogP contribution in [0.2, 0.25) is 15.1 Å². The van der Waals surface area contributed by atoms with Crippen LogP contribution in [0.4, 0.5) is 5.69 Å². The van der Waals surface area contributed by atoms with Crippen molar-refractivity contribution in [2.24, 2.45) is 0 Å². The molecular weight excluding hydrogens is 335 g/mol. The zero-order valence-corrected chi connectivity index (χ0v) is 13.0. The Labute approximate surface area is 136 Å². The highest BCUT2D eigenvalue weighted by molar-refractivity contribution is 6.42. The molecule has 2 aromatic rings. The molecule has 1 aliphatic rings. The molecule has 1 aromatic carbocycles. The van der Waals surface area contributed by atoms with E-state index in [2.05, 4.69) is 20.6 Å². The van der Waals surface area contributed by atoms with E-state index in [9.17, 15) is 4.79 Å². The highest BCUT2D eigenvalue weighted by Gasteiger charge is 2.26.